The van der Waals surface area contributed by atoms with Gasteiger partial charge in [0.05, 0.1) is 22.8 Å². The average Bonchev–Trinajstić information content (AvgIpc) is 3.00. The number of nitrogens with zero attached hydrogens (tertiary/aromatic N) is 1. The van der Waals surface area contributed by atoms with Gasteiger partial charge >= 0.3 is 6.09 Å². The van der Waals surface area contributed by atoms with Crippen LogP contribution in [0.15, 0.2) is 47.1 Å². The minimum Gasteiger partial charge on any atom is -0.488 e. The van der Waals surface area contributed by atoms with Crippen molar-refractivity contribution in [2.45, 2.75) is 33.0 Å². The summed E-state index contributed by atoms with van der Waals surface area (Å²) in [7, 11) is 0. The zero-order chi connectivity index (χ0) is 18.7. The van der Waals surface area contributed by atoms with E-state index >= 15 is 0 Å². The van der Waals surface area contributed by atoms with Crippen molar-refractivity contribution < 1.29 is 14.3 Å². The van der Waals surface area contributed by atoms with Crippen LogP contribution in [-0.4, -0.2) is 21.9 Å². The molecular formula is C19H20BrN3O3. The van der Waals surface area contributed by atoms with Crippen molar-refractivity contribution in [2.75, 3.05) is 5.32 Å². The van der Waals surface area contributed by atoms with E-state index in [-0.39, 0.29) is 0 Å². The van der Waals surface area contributed by atoms with Gasteiger partial charge in [0.25, 0.3) is 0 Å². The lowest BCUT2D eigenvalue weighted by atomic mass is 10.2. The van der Waals surface area contributed by atoms with Crippen LogP contribution in [-0.2, 0) is 11.3 Å². The number of fused-ring (bicyclic) bond motifs is 1. The number of ether oxygens (including phenoxy) is 2. The van der Waals surface area contributed by atoms with Gasteiger partial charge in [-0.1, -0.05) is 34.1 Å². The van der Waals surface area contributed by atoms with Gasteiger partial charge in [-0.15, -0.1) is 0 Å². The lowest BCUT2D eigenvalue weighted by molar-refractivity contribution is 0.0635. The maximum Gasteiger partial charge on any atom is 0.412 e. The Hall–Kier alpha value is -2.54. The van der Waals surface area contributed by atoms with Crippen LogP contribution >= 0.6 is 15.9 Å². The van der Waals surface area contributed by atoms with Crippen molar-refractivity contribution in [3.05, 3.63) is 52.6 Å². The minimum atomic E-state index is -0.557. The molecule has 0 aliphatic rings. The number of hydrogen-bond donors (Lipinski definition) is 2. The zero-order valence-electron chi connectivity index (χ0n) is 14.8. The van der Waals surface area contributed by atoms with Crippen LogP contribution < -0.4 is 10.1 Å². The second-order valence-electron chi connectivity index (χ2n) is 6.81. The summed E-state index contributed by atoms with van der Waals surface area (Å²) in [5.41, 5.74) is 1.82. The van der Waals surface area contributed by atoms with E-state index in [1.54, 1.807) is 6.20 Å². The lowest BCUT2D eigenvalue weighted by Gasteiger charge is -2.20. The maximum atomic E-state index is 12.0. The number of halogens is 1. The first-order valence-corrected chi connectivity index (χ1v) is 8.94. The molecule has 6 nitrogen and oxygen atoms in total. The van der Waals surface area contributed by atoms with Crippen LogP contribution in [0, 0.1) is 0 Å². The van der Waals surface area contributed by atoms with Crippen molar-refractivity contribution in [3.8, 4) is 5.75 Å². The van der Waals surface area contributed by atoms with Crippen LogP contribution in [0.5, 0.6) is 5.75 Å². The number of para-hydroxylation sites is 1. The summed E-state index contributed by atoms with van der Waals surface area (Å²) < 4.78 is 12.2. The van der Waals surface area contributed by atoms with Gasteiger partial charge < -0.3 is 9.47 Å². The van der Waals surface area contributed by atoms with E-state index in [0.29, 0.717) is 18.0 Å². The van der Waals surface area contributed by atoms with E-state index in [2.05, 4.69) is 31.4 Å². The molecule has 1 aromatic heterocycles. The van der Waals surface area contributed by atoms with Gasteiger partial charge in [-0.05, 0) is 39.0 Å². The van der Waals surface area contributed by atoms with Gasteiger partial charge in [0.2, 0.25) is 0 Å². The highest BCUT2D eigenvalue weighted by molar-refractivity contribution is 9.10. The zero-order valence-corrected chi connectivity index (χ0v) is 16.4. The topological polar surface area (TPSA) is 76.2 Å². The summed E-state index contributed by atoms with van der Waals surface area (Å²) in [5, 5.41) is 10.6. The van der Waals surface area contributed by atoms with Crippen molar-refractivity contribution in [2.24, 2.45) is 0 Å². The molecule has 0 saturated heterocycles. The smallest absolute Gasteiger partial charge is 0.412 e. The van der Waals surface area contributed by atoms with Gasteiger partial charge in [-0.2, -0.15) is 5.10 Å². The molecular weight excluding hydrogens is 398 g/mol. The first-order valence-electron chi connectivity index (χ1n) is 8.15. The summed E-state index contributed by atoms with van der Waals surface area (Å²) in [4.78, 5) is 12.0. The van der Waals surface area contributed by atoms with E-state index in [4.69, 9.17) is 9.47 Å². The molecule has 0 saturated carbocycles. The third kappa shape index (κ3) is 4.54. The van der Waals surface area contributed by atoms with Gasteiger partial charge in [0.1, 0.15) is 18.0 Å². The Morgan fingerprint density at radius 2 is 2.04 bits per heavy atom. The Balaban J connectivity index is 1.76. The second-order valence-corrected chi connectivity index (χ2v) is 7.72. The second kappa shape index (κ2) is 7.37. The van der Waals surface area contributed by atoms with Crippen molar-refractivity contribution in [1.82, 2.24) is 10.2 Å². The molecule has 1 heterocycles. The molecule has 26 heavy (non-hydrogen) atoms. The lowest BCUT2D eigenvalue weighted by Crippen LogP contribution is -2.27. The van der Waals surface area contributed by atoms with E-state index in [1.807, 2.05) is 57.2 Å². The summed E-state index contributed by atoms with van der Waals surface area (Å²) in [5.74, 6) is 0.704. The van der Waals surface area contributed by atoms with Crippen LogP contribution in [0.4, 0.5) is 10.5 Å². The predicted octanol–water partition coefficient (Wildman–Crippen LogP) is 5.25. The average molecular weight is 418 g/mol. The van der Waals surface area contributed by atoms with Gasteiger partial charge in [-0.25, -0.2) is 4.79 Å². The quantitative estimate of drug-likeness (QED) is 0.607. The standard InChI is InChI=1S/C19H20BrN3O3/c1-19(2,3)26-18(24)22-15-7-5-4-6-12(15)11-25-17-9-13(20)8-16-14(17)10-21-23-16/h4-10H,11H2,1-3H3,(H,21,23)(H,22,24). The fourth-order valence-electron chi connectivity index (χ4n) is 2.44. The molecule has 0 atom stereocenters. The highest BCUT2D eigenvalue weighted by Gasteiger charge is 2.17. The molecule has 0 unspecified atom stereocenters. The summed E-state index contributed by atoms with van der Waals surface area (Å²) in [6, 6.07) is 11.3. The van der Waals surface area contributed by atoms with E-state index in [9.17, 15) is 4.79 Å². The molecule has 2 aromatic carbocycles. The van der Waals surface area contributed by atoms with Crippen LogP contribution in [0.2, 0.25) is 0 Å². The normalized spacial score (nSPS) is 11.4. The van der Waals surface area contributed by atoms with E-state index in [1.165, 1.54) is 0 Å². The fourth-order valence-corrected chi connectivity index (χ4v) is 2.88. The number of carbonyl (C=O) groups excluding carboxylic acids is 1. The highest BCUT2D eigenvalue weighted by Crippen LogP contribution is 2.30. The van der Waals surface area contributed by atoms with Crippen molar-refractivity contribution in [1.29, 1.82) is 0 Å². The Morgan fingerprint density at radius 1 is 1.27 bits per heavy atom. The summed E-state index contributed by atoms with van der Waals surface area (Å²) in [6.07, 6.45) is 1.23. The molecule has 0 bridgehead atoms. The number of aromatic amines is 1. The molecule has 7 heteroatoms. The molecule has 0 spiro atoms. The third-order valence-electron chi connectivity index (χ3n) is 3.52. The molecule has 0 aliphatic heterocycles. The summed E-state index contributed by atoms with van der Waals surface area (Å²) >= 11 is 3.47. The minimum absolute atomic E-state index is 0.294. The Bertz CT molecular complexity index is 931. The highest BCUT2D eigenvalue weighted by atomic mass is 79.9. The monoisotopic (exact) mass is 417 g/mol. The fraction of sp³-hybridized carbons (Fsp3) is 0.263. The third-order valence-corrected chi connectivity index (χ3v) is 3.98. The van der Waals surface area contributed by atoms with Gasteiger partial charge in [0.15, 0.2) is 0 Å². The molecule has 0 aliphatic carbocycles. The van der Waals surface area contributed by atoms with Crippen LogP contribution in [0.25, 0.3) is 10.9 Å². The number of rotatable bonds is 4. The van der Waals surface area contributed by atoms with Crippen molar-refractivity contribution >= 4 is 38.6 Å². The van der Waals surface area contributed by atoms with Gasteiger partial charge in [-0.3, -0.25) is 10.4 Å². The first kappa shape index (κ1) is 18.3. The first-order chi connectivity index (χ1) is 12.3. The van der Waals surface area contributed by atoms with Crippen LogP contribution in [0.1, 0.15) is 26.3 Å². The Kier molecular flexibility index (Phi) is 5.18. The maximum absolute atomic E-state index is 12.0. The molecule has 1 amide bonds. The van der Waals surface area contributed by atoms with E-state index < -0.39 is 11.7 Å². The molecule has 3 aromatic rings. The molecule has 3 rings (SSSR count). The number of hydrogen-bond acceptors (Lipinski definition) is 4. The van der Waals surface area contributed by atoms with Crippen molar-refractivity contribution in [3.63, 3.8) is 0 Å². The molecule has 136 valence electrons. The van der Waals surface area contributed by atoms with E-state index in [0.717, 1.165) is 20.9 Å². The van der Waals surface area contributed by atoms with Gasteiger partial charge in [0, 0.05) is 10.0 Å². The predicted molar refractivity (Wildman–Crippen MR) is 104 cm³/mol. The number of carbonyl (C=O) groups is 1. The summed E-state index contributed by atoms with van der Waals surface area (Å²) in [6.45, 7) is 5.77. The van der Waals surface area contributed by atoms with Crippen LogP contribution in [0.3, 0.4) is 0 Å². The Morgan fingerprint density at radius 3 is 2.81 bits per heavy atom. The SMILES string of the molecule is CC(C)(C)OC(=O)Nc1ccccc1COc1cc(Br)cc2[nH]ncc12. The molecule has 0 fully saturated rings. The molecule has 0 radical (unpaired) electrons. The number of aromatic nitrogens is 2. The largest absolute Gasteiger partial charge is 0.488 e. The Labute approximate surface area is 160 Å². The molecule has 2 N–H and O–H groups in total. The number of benzene rings is 2. The number of nitrogens with one attached hydrogen (secondary N) is 2. The number of amides is 1. The number of anilines is 1. The number of H-pyrrole nitrogens is 1.